The van der Waals surface area contributed by atoms with Crippen molar-refractivity contribution in [3.05, 3.63) is 35.6 Å². The number of ether oxygens (including phenoxy) is 2. The molecule has 4 aromatic rings. The van der Waals surface area contributed by atoms with E-state index in [0.717, 1.165) is 70.3 Å². The Labute approximate surface area is 196 Å². The fourth-order valence-electron chi connectivity index (χ4n) is 5.26. The van der Waals surface area contributed by atoms with E-state index in [1.54, 1.807) is 13.3 Å². The molecule has 0 N–H and O–H groups in total. The van der Waals surface area contributed by atoms with Gasteiger partial charge in [-0.3, -0.25) is 4.98 Å². The fraction of sp³-hybridized carbons (Fsp3) is 0.480. The van der Waals surface area contributed by atoms with E-state index in [2.05, 4.69) is 9.72 Å². The van der Waals surface area contributed by atoms with Gasteiger partial charge in [0.15, 0.2) is 0 Å². The molecule has 180 valence electrons. The van der Waals surface area contributed by atoms with Crippen molar-refractivity contribution in [3.63, 3.8) is 0 Å². The van der Waals surface area contributed by atoms with Crippen molar-refractivity contribution in [2.75, 3.05) is 13.7 Å². The van der Waals surface area contributed by atoms with Crippen LogP contribution in [0.5, 0.6) is 5.75 Å². The van der Waals surface area contributed by atoms with Gasteiger partial charge in [0.2, 0.25) is 0 Å². The van der Waals surface area contributed by atoms with Crippen molar-refractivity contribution >= 4 is 21.9 Å². The van der Waals surface area contributed by atoms with Gasteiger partial charge in [0, 0.05) is 16.9 Å². The topological polar surface area (TPSA) is 75.2 Å². The standard InChI is InChI=1S/C25H28F2N4O3/c1-13(12-33-25(26)27)31-23-17-10-21(32-4)18(22-14(2)30-34-15(22)3)9-19(17)28-11-20(23)29-24(31)16-7-5-6-8-16/h9-11,13,16,25H,5-8,12H2,1-4H3. The van der Waals surface area contributed by atoms with E-state index in [9.17, 15) is 8.78 Å². The Kier molecular flexibility index (Phi) is 5.97. The van der Waals surface area contributed by atoms with E-state index in [1.807, 2.05) is 32.9 Å². The summed E-state index contributed by atoms with van der Waals surface area (Å²) < 4.78 is 43.6. The molecule has 0 amide bonds. The third-order valence-corrected chi connectivity index (χ3v) is 6.79. The van der Waals surface area contributed by atoms with Gasteiger partial charge in [0.25, 0.3) is 0 Å². The van der Waals surface area contributed by atoms with Gasteiger partial charge in [-0.15, -0.1) is 0 Å². The quantitative estimate of drug-likeness (QED) is 0.314. The molecule has 3 aromatic heterocycles. The fourth-order valence-corrected chi connectivity index (χ4v) is 5.26. The molecule has 0 spiro atoms. The van der Waals surface area contributed by atoms with Crippen molar-refractivity contribution in [1.29, 1.82) is 0 Å². The van der Waals surface area contributed by atoms with Crippen LogP contribution in [0, 0.1) is 13.8 Å². The summed E-state index contributed by atoms with van der Waals surface area (Å²) in [6.07, 6.45) is 6.12. The average Bonchev–Trinajstić information content (AvgIpc) is 3.55. The molecule has 9 heteroatoms. The maximum atomic E-state index is 12.9. The predicted octanol–water partition coefficient (Wildman–Crippen LogP) is 6.32. The third kappa shape index (κ3) is 3.81. The molecule has 0 bridgehead atoms. The van der Waals surface area contributed by atoms with Gasteiger partial charge in [-0.2, -0.15) is 8.78 Å². The number of aromatic nitrogens is 4. The number of benzene rings is 1. The molecule has 0 aliphatic heterocycles. The number of aryl methyl sites for hydroxylation is 2. The second-order valence-electron chi connectivity index (χ2n) is 9.03. The summed E-state index contributed by atoms with van der Waals surface area (Å²) in [5.41, 5.74) is 4.84. The first-order chi connectivity index (χ1) is 16.4. The molecule has 0 saturated heterocycles. The van der Waals surface area contributed by atoms with E-state index in [1.165, 1.54) is 0 Å². The Balaban J connectivity index is 1.75. The summed E-state index contributed by atoms with van der Waals surface area (Å²) in [4.78, 5) is 9.64. The lowest BCUT2D eigenvalue weighted by atomic mass is 10.0. The van der Waals surface area contributed by atoms with Crippen LogP contribution in [0.25, 0.3) is 33.1 Å². The Morgan fingerprint density at radius 3 is 2.59 bits per heavy atom. The van der Waals surface area contributed by atoms with Crippen LogP contribution in [0.4, 0.5) is 8.78 Å². The minimum atomic E-state index is -2.82. The molecule has 7 nitrogen and oxygen atoms in total. The number of methoxy groups -OCH3 is 1. The average molecular weight is 471 g/mol. The monoisotopic (exact) mass is 470 g/mol. The summed E-state index contributed by atoms with van der Waals surface area (Å²) in [6.45, 7) is 2.72. The predicted molar refractivity (Wildman–Crippen MR) is 124 cm³/mol. The van der Waals surface area contributed by atoms with Crippen molar-refractivity contribution in [2.45, 2.75) is 65.0 Å². The number of halogens is 2. The molecule has 5 rings (SSSR count). The summed E-state index contributed by atoms with van der Waals surface area (Å²) in [5, 5.41) is 4.93. The molecule has 1 saturated carbocycles. The number of alkyl halides is 2. The van der Waals surface area contributed by atoms with Crippen molar-refractivity contribution in [3.8, 4) is 16.9 Å². The van der Waals surface area contributed by atoms with Crippen LogP contribution < -0.4 is 4.74 Å². The number of nitrogens with zero attached hydrogens (tertiary/aromatic N) is 4. The van der Waals surface area contributed by atoms with Crippen LogP contribution >= 0.6 is 0 Å². The third-order valence-electron chi connectivity index (χ3n) is 6.79. The van der Waals surface area contributed by atoms with E-state index < -0.39 is 6.61 Å². The van der Waals surface area contributed by atoms with Gasteiger partial charge in [0.05, 0.1) is 48.2 Å². The molecular formula is C25H28F2N4O3. The molecule has 1 aromatic carbocycles. The normalized spacial score (nSPS) is 15.7. The van der Waals surface area contributed by atoms with E-state index in [-0.39, 0.29) is 12.6 Å². The van der Waals surface area contributed by atoms with Gasteiger partial charge >= 0.3 is 6.61 Å². The van der Waals surface area contributed by atoms with Crippen molar-refractivity contribution < 1.29 is 22.8 Å². The van der Waals surface area contributed by atoms with Crippen LogP contribution in [0.2, 0.25) is 0 Å². The zero-order valence-corrected chi connectivity index (χ0v) is 19.8. The minimum Gasteiger partial charge on any atom is -0.496 e. The highest BCUT2D eigenvalue weighted by Crippen LogP contribution is 2.42. The lowest BCUT2D eigenvalue weighted by molar-refractivity contribution is -0.135. The molecule has 1 aliphatic rings. The first-order valence-corrected chi connectivity index (χ1v) is 11.6. The van der Waals surface area contributed by atoms with Crippen LogP contribution in [0.1, 0.15) is 61.8 Å². The zero-order chi connectivity index (χ0) is 24.0. The summed E-state index contributed by atoms with van der Waals surface area (Å²) in [6, 6.07) is 3.59. The van der Waals surface area contributed by atoms with Crippen LogP contribution in [0.15, 0.2) is 22.9 Å². The highest BCUT2D eigenvalue weighted by Gasteiger charge is 2.28. The number of pyridine rings is 1. The van der Waals surface area contributed by atoms with Crippen LogP contribution in [0.3, 0.4) is 0 Å². The Hall–Kier alpha value is -3.07. The first kappa shape index (κ1) is 22.7. The second kappa shape index (κ2) is 8.94. The van der Waals surface area contributed by atoms with Gasteiger partial charge in [-0.05, 0) is 45.7 Å². The number of hydrogen-bond donors (Lipinski definition) is 0. The molecule has 34 heavy (non-hydrogen) atoms. The first-order valence-electron chi connectivity index (χ1n) is 11.6. The van der Waals surface area contributed by atoms with Crippen LogP contribution in [-0.4, -0.2) is 40.0 Å². The lowest BCUT2D eigenvalue weighted by Gasteiger charge is -2.21. The Morgan fingerprint density at radius 2 is 1.94 bits per heavy atom. The number of imidazole rings is 1. The smallest absolute Gasteiger partial charge is 0.345 e. The molecule has 0 radical (unpaired) electrons. The molecule has 1 fully saturated rings. The van der Waals surface area contributed by atoms with Crippen molar-refractivity contribution in [1.82, 2.24) is 19.7 Å². The molecule has 1 unspecified atom stereocenters. The summed E-state index contributed by atoms with van der Waals surface area (Å²) >= 11 is 0. The maximum absolute atomic E-state index is 12.9. The van der Waals surface area contributed by atoms with E-state index in [4.69, 9.17) is 24.0 Å². The highest BCUT2D eigenvalue weighted by molar-refractivity contribution is 6.05. The molecular weight excluding hydrogens is 442 g/mol. The highest BCUT2D eigenvalue weighted by atomic mass is 19.3. The lowest BCUT2D eigenvalue weighted by Crippen LogP contribution is -2.18. The van der Waals surface area contributed by atoms with Gasteiger partial charge in [0.1, 0.15) is 22.9 Å². The molecule has 3 heterocycles. The summed E-state index contributed by atoms with van der Waals surface area (Å²) in [7, 11) is 1.62. The second-order valence-corrected chi connectivity index (χ2v) is 9.03. The van der Waals surface area contributed by atoms with Crippen molar-refractivity contribution in [2.24, 2.45) is 0 Å². The minimum absolute atomic E-state index is 0.110. The SMILES string of the molecule is COc1cc2c(cc1-c1c(C)noc1C)ncc1nc(C3CCCC3)n(C(C)COC(F)F)c12. The largest absolute Gasteiger partial charge is 0.496 e. The van der Waals surface area contributed by atoms with Gasteiger partial charge < -0.3 is 18.6 Å². The number of hydrogen-bond acceptors (Lipinski definition) is 6. The van der Waals surface area contributed by atoms with E-state index in [0.29, 0.717) is 17.4 Å². The Bertz CT molecular complexity index is 1320. The Morgan fingerprint density at radius 1 is 1.18 bits per heavy atom. The summed E-state index contributed by atoms with van der Waals surface area (Å²) in [5.74, 6) is 2.56. The molecule has 1 atom stereocenters. The van der Waals surface area contributed by atoms with E-state index >= 15 is 0 Å². The maximum Gasteiger partial charge on any atom is 0.345 e. The zero-order valence-electron chi connectivity index (χ0n) is 19.8. The molecule has 1 aliphatic carbocycles. The van der Waals surface area contributed by atoms with Gasteiger partial charge in [-0.25, -0.2) is 4.98 Å². The number of fused-ring (bicyclic) bond motifs is 3. The van der Waals surface area contributed by atoms with Gasteiger partial charge in [-0.1, -0.05) is 18.0 Å². The number of rotatable bonds is 7. The van der Waals surface area contributed by atoms with Crippen LogP contribution in [-0.2, 0) is 4.74 Å².